The Labute approximate surface area is 205 Å². The molecule has 0 saturated carbocycles. The molecule has 35 heavy (non-hydrogen) atoms. The van der Waals surface area contributed by atoms with E-state index in [2.05, 4.69) is 15.6 Å². The maximum Gasteiger partial charge on any atom is 0.265 e. The van der Waals surface area contributed by atoms with Crippen molar-refractivity contribution in [2.45, 2.75) is 19.4 Å². The van der Waals surface area contributed by atoms with E-state index in [0.717, 1.165) is 4.70 Å². The molecule has 5 rings (SSSR count). The minimum absolute atomic E-state index is 0.106. The highest BCUT2D eigenvalue weighted by molar-refractivity contribution is 7.22. The molecule has 4 aromatic rings. The highest BCUT2D eigenvalue weighted by Crippen LogP contribution is 2.34. The molecule has 0 aliphatic carbocycles. The number of nitrogens with one attached hydrogen (secondary N) is 2. The maximum absolute atomic E-state index is 13.2. The van der Waals surface area contributed by atoms with Crippen molar-refractivity contribution >= 4 is 55.8 Å². The van der Waals surface area contributed by atoms with E-state index in [1.54, 1.807) is 48.5 Å². The largest absolute Gasteiger partial charge is 0.482 e. The van der Waals surface area contributed by atoms with Crippen LogP contribution in [0.2, 0.25) is 0 Å². The zero-order valence-corrected chi connectivity index (χ0v) is 19.7. The Balaban J connectivity index is 1.34. The molecule has 3 aromatic carbocycles. The summed E-state index contributed by atoms with van der Waals surface area (Å²) in [5.74, 6) is -0.213. The summed E-state index contributed by atoms with van der Waals surface area (Å²) in [5, 5.41) is 6.22. The van der Waals surface area contributed by atoms with E-state index >= 15 is 0 Å². The number of aromatic nitrogens is 1. The van der Waals surface area contributed by atoms with E-state index in [0.29, 0.717) is 39.8 Å². The molecule has 0 fully saturated rings. The number of hydrogen-bond acceptors (Lipinski definition) is 6. The Kier molecular flexibility index (Phi) is 6.15. The average Bonchev–Trinajstić information content (AvgIpc) is 3.27. The molecular weight excluding hydrogens is 464 g/mol. The van der Waals surface area contributed by atoms with E-state index < -0.39 is 6.04 Å². The fourth-order valence-electron chi connectivity index (χ4n) is 3.99. The third-order valence-electron chi connectivity index (χ3n) is 5.66. The molecule has 0 bridgehead atoms. The highest BCUT2D eigenvalue weighted by atomic mass is 32.1. The molecule has 1 aliphatic heterocycles. The summed E-state index contributed by atoms with van der Waals surface area (Å²) in [6, 6.07) is 20.8. The van der Waals surface area contributed by atoms with Crippen LogP contribution in [-0.4, -0.2) is 35.4 Å². The Morgan fingerprint density at radius 3 is 2.63 bits per heavy atom. The number of thiazole rings is 1. The number of para-hydroxylation sites is 2. The second kappa shape index (κ2) is 9.55. The summed E-state index contributed by atoms with van der Waals surface area (Å²) in [4.78, 5) is 44.3. The number of carbonyl (C=O) groups excluding carboxylic acids is 3. The third kappa shape index (κ3) is 4.58. The Morgan fingerprint density at radius 2 is 1.83 bits per heavy atom. The van der Waals surface area contributed by atoms with Crippen molar-refractivity contribution in [3.8, 4) is 5.75 Å². The van der Waals surface area contributed by atoms with Crippen molar-refractivity contribution in [2.24, 2.45) is 0 Å². The minimum Gasteiger partial charge on any atom is -0.482 e. The normalized spacial score (nSPS) is 13.6. The molecule has 9 heteroatoms. The number of ether oxygens (including phenoxy) is 1. The van der Waals surface area contributed by atoms with Crippen LogP contribution in [0.4, 0.5) is 16.5 Å². The maximum atomic E-state index is 13.2. The molecule has 0 radical (unpaired) electrons. The average molecular weight is 487 g/mol. The van der Waals surface area contributed by atoms with Crippen LogP contribution in [0.3, 0.4) is 0 Å². The van der Waals surface area contributed by atoms with Crippen LogP contribution in [0.15, 0.2) is 72.8 Å². The fourth-order valence-corrected chi connectivity index (χ4v) is 4.89. The Hall–Kier alpha value is -4.24. The molecule has 2 heterocycles. The number of fused-ring (bicyclic) bond motifs is 2. The van der Waals surface area contributed by atoms with Crippen LogP contribution >= 0.6 is 11.3 Å². The van der Waals surface area contributed by atoms with Gasteiger partial charge in [-0.05, 0) is 48.9 Å². The molecule has 8 nitrogen and oxygen atoms in total. The zero-order chi connectivity index (χ0) is 24.4. The van der Waals surface area contributed by atoms with Gasteiger partial charge in [0, 0.05) is 11.3 Å². The first-order valence-electron chi connectivity index (χ1n) is 11.1. The van der Waals surface area contributed by atoms with Gasteiger partial charge in [-0.2, -0.15) is 0 Å². The molecule has 3 amide bonds. The van der Waals surface area contributed by atoms with Gasteiger partial charge >= 0.3 is 0 Å². The van der Waals surface area contributed by atoms with Crippen LogP contribution in [0.25, 0.3) is 10.2 Å². The van der Waals surface area contributed by atoms with Gasteiger partial charge in [-0.1, -0.05) is 48.6 Å². The lowest BCUT2D eigenvalue weighted by atomic mass is 10.1. The minimum atomic E-state index is -0.689. The Bertz CT molecular complexity index is 1420. The van der Waals surface area contributed by atoms with Gasteiger partial charge in [0.2, 0.25) is 5.91 Å². The second-order valence-corrected chi connectivity index (χ2v) is 8.99. The number of hydrogen-bond donors (Lipinski definition) is 2. The standard InChI is InChI=1S/C26H22N4O4S/c1-2-19(30-20-10-6-7-11-21(20)34-15-23(30)31)25(33)27-17-12-13-18-22(14-17)35-26(28-18)29-24(32)16-8-4-3-5-9-16/h3-14,19H,2,15H2,1H3,(H,27,33)(H,28,29,32)/t19-/m0/s1. The van der Waals surface area contributed by atoms with Gasteiger partial charge in [0.05, 0.1) is 15.9 Å². The van der Waals surface area contributed by atoms with E-state index in [1.165, 1.54) is 16.2 Å². The molecule has 176 valence electrons. The fraction of sp³-hybridized carbons (Fsp3) is 0.154. The smallest absolute Gasteiger partial charge is 0.265 e. The summed E-state index contributed by atoms with van der Waals surface area (Å²) >= 11 is 1.32. The number of nitrogens with zero attached hydrogens (tertiary/aromatic N) is 2. The van der Waals surface area contributed by atoms with Crippen LogP contribution in [0, 0.1) is 0 Å². The number of benzene rings is 3. The van der Waals surface area contributed by atoms with Gasteiger partial charge in [0.1, 0.15) is 11.8 Å². The van der Waals surface area contributed by atoms with Gasteiger partial charge in [-0.15, -0.1) is 0 Å². The van der Waals surface area contributed by atoms with Crippen molar-refractivity contribution in [1.29, 1.82) is 0 Å². The summed E-state index contributed by atoms with van der Waals surface area (Å²) in [5.41, 5.74) is 2.42. The topological polar surface area (TPSA) is 101 Å². The first-order chi connectivity index (χ1) is 17.0. The van der Waals surface area contributed by atoms with Crippen molar-refractivity contribution in [2.75, 3.05) is 22.1 Å². The Morgan fingerprint density at radius 1 is 1.06 bits per heavy atom. The van der Waals surface area contributed by atoms with Crippen molar-refractivity contribution in [3.05, 3.63) is 78.4 Å². The lowest BCUT2D eigenvalue weighted by molar-refractivity contribution is -0.125. The molecule has 0 unspecified atom stereocenters. The predicted molar refractivity (Wildman–Crippen MR) is 136 cm³/mol. The van der Waals surface area contributed by atoms with Crippen LogP contribution in [-0.2, 0) is 9.59 Å². The van der Waals surface area contributed by atoms with E-state index in [-0.39, 0.29) is 24.3 Å². The molecule has 0 saturated heterocycles. The van der Waals surface area contributed by atoms with Crippen molar-refractivity contribution < 1.29 is 19.1 Å². The van der Waals surface area contributed by atoms with Gasteiger partial charge in [0.15, 0.2) is 11.7 Å². The molecular formula is C26H22N4O4S. The van der Waals surface area contributed by atoms with Gasteiger partial charge in [-0.25, -0.2) is 4.98 Å². The van der Waals surface area contributed by atoms with Crippen molar-refractivity contribution in [3.63, 3.8) is 0 Å². The van der Waals surface area contributed by atoms with Crippen LogP contribution < -0.4 is 20.3 Å². The van der Waals surface area contributed by atoms with Crippen molar-refractivity contribution in [1.82, 2.24) is 4.98 Å². The number of amides is 3. The van der Waals surface area contributed by atoms with E-state index in [4.69, 9.17) is 4.74 Å². The van der Waals surface area contributed by atoms with Gasteiger partial charge in [-0.3, -0.25) is 24.6 Å². The molecule has 2 N–H and O–H groups in total. The lowest BCUT2D eigenvalue weighted by Crippen LogP contribution is -2.50. The predicted octanol–water partition coefficient (Wildman–Crippen LogP) is 4.69. The van der Waals surface area contributed by atoms with Gasteiger partial charge in [0.25, 0.3) is 11.8 Å². The lowest BCUT2D eigenvalue weighted by Gasteiger charge is -2.34. The molecule has 1 atom stereocenters. The SMILES string of the molecule is CC[C@@H](C(=O)Nc1ccc2nc(NC(=O)c3ccccc3)sc2c1)N1C(=O)COc2ccccc21. The van der Waals surface area contributed by atoms with Crippen LogP contribution in [0.1, 0.15) is 23.7 Å². The molecule has 0 spiro atoms. The number of anilines is 3. The second-order valence-electron chi connectivity index (χ2n) is 7.96. The summed E-state index contributed by atoms with van der Waals surface area (Å²) in [6.45, 7) is 1.76. The number of carbonyl (C=O) groups is 3. The molecule has 1 aromatic heterocycles. The zero-order valence-electron chi connectivity index (χ0n) is 18.9. The molecule has 1 aliphatic rings. The summed E-state index contributed by atoms with van der Waals surface area (Å²) in [6.07, 6.45) is 0.435. The van der Waals surface area contributed by atoms with Gasteiger partial charge < -0.3 is 10.1 Å². The number of rotatable bonds is 6. The highest BCUT2D eigenvalue weighted by Gasteiger charge is 2.34. The van der Waals surface area contributed by atoms with Crippen LogP contribution in [0.5, 0.6) is 5.75 Å². The first kappa shape index (κ1) is 22.5. The van der Waals surface area contributed by atoms with E-state index in [1.807, 2.05) is 31.2 Å². The summed E-state index contributed by atoms with van der Waals surface area (Å²) < 4.78 is 6.32. The quantitative estimate of drug-likeness (QED) is 0.412. The summed E-state index contributed by atoms with van der Waals surface area (Å²) in [7, 11) is 0. The van der Waals surface area contributed by atoms with E-state index in [9.17, 15) is 14.4 Å². The monoisotopic (exact) mass is 486 g/mol. The third-order valence-corrected chi connectivity index (χ3v) is 6.59. The first-order valence-corrected chi connectivity index (χ1v) is 12.0.